The molecule has 29 heavy (non-hydrogen) atoms. The lowest BCUT2D eigenvalue weighted by Gasteiger charge is -2.39. The molecule has 1 aromatic carbocycles. The number of aromatic amines is 1. The third kappa shape index (κ3) is 4.42. The van der Waals surface area contributed by atoms with E-state index in [2.05, 4.69) is 25.5 Å². The predicted molar refractivity (Wildman–Crippen MR) is 117 cm³/mol. The van der Waals surface area contributed by atoms with E-state index in [4.69, 9.17) is 27.9 Å². The summed E-state index contributed by atoms with van der Waals surface area (Å²) in [5, 5.41) is 7.47. The van der Waals surface area contributed by atoms with Crippen LogP contribution in [0.4, 0.5) is 22.0 Å². The smallest absolute Gasteiger partial charge is 0.323 e. The normalized spacial score (nSPS) is 16.1. The number of halogens is 2. The molecule has 1 aliphatic rings. The van der Waals surface area contributed by atoms with E-state index in [0.717, 1.165) is 10.9 Å². The van der Waals surface area contributed by atoms with Gasteiger partial charge < -0.3 is 25.3 Å². The number of hydrogen-bond donors (Lipinski definition) is 3. The Morgan fingerprint density at radius 2 is 2.10 bits per heavy atom. The van der Waals surface area contributed by atoms with Gasteiger partial charge in [0.15, 0.2) is 0 Å². The van der Waals surface area contributed by atoms with Crippen molar-refractivity contribution in [3.05, 3.63) is 46.7 Å². The molecule has 3 heterocycles. The minimum atomic E-state index is -0.399. The van der Waals surface area contributed by atoms with Crippen LogP contribution in [0, 0.1) is 0 Å². The van der Waals surface area contributed by atoms with Gasteiger partial charge in [0.05, 0.1) is 34.8 Å². The number of pyridine rings is 1. The number of urea groups is 1. The van der Waals surface area contributed by atoms with Gasteiger partial charge in [-0.1, -0.05) is 23.2 Å². The van der Waals surface area contributed by atoms with E-state index in [1.165, 1.54) is 0 Å². The van der Waals surface area contributed by atoms with Gasteiger partial charge in [-0.2, -0.15) is 0 Å². The van der Waals surface area contributed by atoms with Crippen molar-refractivity contribution in [2.24, 2.45) is 0 Å². The Morgan fingerprint density at radius 1 is 1.28 bits per heavy atom. The van der Waals surface area contributed by atoms with Crippen molar-refractivity contribution >= 4 is 57.3 Å². The maximum atomic E-state index is 12.4. The van der Waals surface area contributed by atoms with Crippen molar-refractivity contribution in [2.75, 3.05) is 35.2 Å². The molecule has 3 aromatic rings. The van der Waals surface area contributed by atoms with Crippen LogP contribution in [0.1, 0.15) is 13.8 Å². The summed E-state index contributed by atoms with van der Waals surface area (Å²) in [6.45, 7) is 6.08. The van der Waals surface area contributed by atoms with Crippen LogP contribution in [0.15, 0.2) is 36.7 Å². The Morgan fingerprint density at radius 3 is 2.86 bits per heavy atom. The number of carbonyl (C=O) groups is 1. The van der Waals surface area contributed by atoms with Crippen LogP contribution in [-0.4, -0.2) is 41.3 Å². The Bertz CT molecular complexity index is 1070. The highest BCUT2D eigenvalue weighted by molar-refractivity contribution is 6.33. The van der Waals surface area contributed by atoms with Crippen molar-refractivity contribution in [1.82, 2.24) is 9.97 Å². The Kier molecular flexibility index (Phi) is 5.29. The summed E-state index contributed by atoms with van der Waals surface area (Å²) in [5.74, 6) is 0.681. The first-order valence-corrected chi connectivity index (χ1v) is 9.95. The number of morpholine rings is 1. The van der Waals surface area contributed by atoms with Crippen LogP contribution in [0.2, 0.25) is 10.0 Å². The van der Waals surface area contributed by atoms with Gasteiger partial charge in [-0.25, -0.2) is 9.78 Å². The SMILES string of the molecule is CC1(C)CN(c2ncc(NC(=O)Nc3c[nH]c4ccc(Cl)cc34)cc2Cl)CCO1. The number of nitrogens with zero attached hydrogens (tertiary/aromatic N) is 2. The highest BCUT2D eigenvalue weighted by Gasteiger charge is 2.29. The van der Waals surface area contributed by atoms with E-state index in [1.807, 2.05) is 19.9 Å². The summed E-state index contributed by atoms with van der Waals surface area (Å²) in [7, 11) is 0. The zero-order valence-corrected chi connectivity index (χ0v) is 17.6. The Hall–Kier alpha value is -2.48. The van der Waals surface area contributed by atoms with E-state index in [9.17, 15) is 4.79 Å². The van der Waals surface area contributed by atoms with Crippen LogP contribution < -0.4 is 15.5 Å². The third-order valence-electron chi connectivity index (χ3n) is 4.70. The van der Waals surface area contributed by atoms with E-state index in [-0.39, 0.29) is 5.60 Å². The number of benzene rings is 1. The Balaban J connectivity index is 1.46. The molecule has 1 fully saturated rings. The molecule has 4 rings (SSSR count). The van der Waals surface area contributed by atoms with Crippen molar-refractivity contribution in [3.8, 4) is 0 Å². The molecular formula is C20H21Cl2N5O2. The summed E-state index contributed by atoms with van der Waals surface area (Å²) < 4.78 is 5.73. The molecule has 0 bridgehead atoms. The molecule has 0 unspecified atom stereocenters. The summed E-state index contributed by atoms with van der Waals surface area (Å²) in [6, 6.07) is 6.73. The number of anilines is 3. The molecule has 2 amide bonds. The molecule has 0 radical (unpaired) electrons. The minimum absolute atomic E-state index is 0.262. The molecule has 0 saturated carbocycles. The number of ether oxygens (including phenoxy) is 1. The third-order valence-corrected chi connectivity index (χ3v) is 5.21. The molecule has 2 aromatic heterocycles. The van der Waals surface area contributed by atoms with Gasteiger partial charge in [-0.05, 0) is 38.1 Å². The summed E-state index contributed by atoms with van der Waals surface area (Å²) in [4.78, 5) is 22.1. The second-order valence-corrected chi connectivity index (χ2v) is 8.37. The first-order chi connectivity index (χ1) is 13.8. The number of aromatic nitrogens is 2. The molecular weight excluding hydrogens is 413 g/mol. The van der Waals surface area contributed by atoms with Gasteiger partial charge in [-0.15, -0.1) is 0 Å². The van der Waals surface area contributed by atoms with E-state index in [1.54, 1.807) is 30.6 Å². The van der Waals surface area contributed by atoms with Crippen LogP contribution in [0.3, 0.4) is 0 Å². The average Bonchev–Trinajstić information content (AvgIpc) is 3.03. The van der Waals surface area contributed by atoms with Crippen LogP contribution in [0.5, 0.6) is 0 Å². The average molecular weight is 434 g/mol. The summed E-state index contributed by atoms with van der Waals surface area (Å²) in [6.07, 6.45) is 3.31. The van der Waals surface area contributed by atoms with E-state index >= 15 is 0 Å². The fourth-order valence-corrected chi connectivity index (χ4v) is 3.87. The number of amides is 2. The molecule has 1 saturated heterocycles. The van der Waals surface area contributed by atoms with Gasteiger partial charge >= 0.3 is 6.03 Å². The molecule has 0 atom stereocenters. The zero-order valence-electron chi connectivity index (χ0n) is 16.1. The molecule has 7 nitrogen and oxygen atoms in total. The van der Waals surface area contributed by atoms with Gasteiger partial charge in [0.1, 0.15) is 5.82 Å². The summed E-state index contributed by atoms with van der Waals surface area (Å²) >= 11 is 12.5. The van der Waals surface area contributed by atoms with E-state index in [0.29, 0.717) is 46.9 Å². The van der Waals surface area contributed by atoms with Gasteiger partial charge in [0.2, 0.25) is 0 Å². The second-order valence-electron chi connectivity index (χ2n) is 7.53. The molecule has 0 spiro atoms. The fraction of sp³-hybridized carbons (Fsp3) is 0.300. The maximum Gasteiger partial charge on any atom is 0.323 e. The molecule has 1 aliphatic heterocycles. The van der Waals surface area contributed by atoms with Gasteiger partial charge in [0.25, 0.3) is 0 Å². The highest BCUT2D eigenvalue weighted by atomic mass is 35.5. The van der Waals surface area contributed by atoms with Gasteiger partial charge in [0, 0.05) is 35.2 Å². The second kappa shape index (κ2) is 7.74. The standard InChI is InChI=1S/C20H21Cl2N5O2/c1-20(2)11-27(5-6-29-20)18-15(22)8-13(9-24-18)25-19(28)26-17-10-23-16-4-3-12(21)7-14(16)17/h3-4,7-10,23H,5-6,11H2,1-2H3,(H2,25,26,28). The quantitative estimate of drug-likeness (QED) is 0.534. The van der Waals surface area contributed by atoms with Crippen molar-refractivity contribution in [2.45, 2.75) is 19.4 Å². The number of hydrogen-bond acceptors (Lipinski definition) is 4. The van der Waals surface area contributed by atoms with Crippen molar-refractivity contribution in [3.63, 3.8) is 0 Å². The first-order valence-electron chi connectivity index (χ1n) is 9.20. The maximum absolute atomic E-state index is 12.4. The Labute approximate surface area is 178 Å². The highest BCUT2D eigenvalue weighted by Crippen LogP contribution is 2.30. The van der Waals surface area contributed by atoms with Crippen LogP contribution in [0.25, 0.3) is 10.9 Å². The van der Waals surface area contributed by atoms with Crippen LogP contribution >= 0.6 is 23.2 Å². The number of fused-ring (bicyclic) bond motifs is 1. The van der Waals surface area contributed by atoms with Crippen LogP contribution in [-0.2, 0) is 4.74 Å². The molecule has 3 N–H and O–H groups in total. The largest absolute Gasteiger partial charge is 0.372 e. The first kappa shape index (κ1) is 19.8. The fourth-order valence-electron chi connectivity index (χ4n) is 3.41. The predicted octanol–water partition coefficient (Wildman–Crippen LogP) is 5.13. The molecule has 0 aliphatic carbocycles. The lowest BCUT2D eigenvalue weighted by molar-refractivity contribution is -0.0279. The van der Waals surface area contributed by atoms with Crippen molar-refractivity contribution in [1.29, 1.82) is 0 Å². The minimum Gasteiger partial charge on any atom is -0.372 e. The monoisotopic (exact) mass is 433 g/mol. The molecule has 152 valence electrons. The van der Waals surface area contributed by atoms with Crippen molar-refractivity contribution < 1.29 is 9.53 Å². The van der Waals surface area contributed by atoms with E-state index < -0.39 is 6.03 Å². The topological polar surface area (TPSA) is 82.3 Å². The number of carbonyl (C=O) groups excluding carboxylic acids is 1. The molecule has 9 heteroatoms. The van der Waals surface area contributed by atoms with Gasteiger partial charge in [-0.3, -0.25) is 0 Å². The zero-order chi connectivity index (χ0) is 20.6. The lowest BCUT2D eigenvalue weighted by Crippen LogP contribution is -2.48. The number of nitrogens with one attached hydrogen (secondary N) is 3. The number of rotatable bonds is 3. The summed E-state index contributed by atoms with van der Waals surface area (Å²) in [5.41, 5.74) is 1.75. The number of H-pyrrole nitrogens is 1. The lowest BCUT2D eigenvalue weighted by atomic mass is 10.1.